The van der Waals surface area contributed by atoms with Crippen molar-refractivity contribution >= 4 is 27.7 Å². The van der Waals surface area contributed by atoms with Crippen LogP contribution in [0.4, 0.5) is 4.39 Å². The van der Waals surface area contributed by atoms with Gasteiger partial charge in [0.05, 0.1) is 11.5 Å². The molecule has 1 N–H and O–H groups in total. The van der Waals surface area contributed by atoms with Crippen molar-refractivity contribution in [2.45, 2.75) is 16.4 Å². The number of hydrogen-bond acceptors (Lipinski definition) is 2. The van der Waals surface area contributed by atoms with Gasteiger partial charge < -0.3 is 5.11 Å². The van der Waals surface area contributed by atoms with Gasteiger partial charge in [-0.25, -0.2) is 4.39 Å². The molecule has 0 radical (unpaired) electrons. The summed E-state index contributed by atoms with van der Waals surface area (Å²) in [7, 11) is 0. The Morgan fingerprint density at radius 2 is 1.88 bits per heavy atom. The number of aliphatic hydroxyl groups excluding tert-OH is 1. The second kappa shape index (κ2) is 5.67. The standard InChI is InChI=1S/C13H10BrFOS/c14-10-5-1-2-7-12(10)17-13-9(8-16)4-3-6-11(13)15/h1-7,16H,8H2. The van der Waals surface area contributed by atoms with Crippen molar-refractivity contribution in [1.29, 1.82) is 0 Å². The Morgan fingerprint density at radius 1 is 1.12 bits per heavy atom. The molecule has 0 aromatic heterocycles. The van der Waals surface area contributed by atoms with Crippen LogP contribution in [0.2, 0.25) is 0 Å². The maximum atomic E-state index is 13.7. The van der Waals surface area contributed by atoms with Gasteiger partial charge in [-0.1, -0.05) is 36.0 Å². The van der Waals surface area contributed by atoms with Crippen LogP contribution in [0, 0.1) is 5.82 Å². The van der Waals surface area contributed by atoms with Crippen molar-refractivity contribution in [3.8, 4) is 0 Å². The summed E-state index contributed by atoms with van der Waals surface area (Å²) in [6.45, 7) is -0.162. The van der Waals surface area contributed by atoms with Gasteiger partial charge in [0, 0.05) is 9.37 Å². The molecule has 1 nitrogen and oxygen atoms in total. The third kappa shape index (κ3) is 2.89. The molecular formula is C13H10BrFOS. The number of rotatable bonds is 3. The first-order valence-electron chi connectivity index (χ1n) is 5.03. The lowest BCUT2D eigenvalue weighted by molar-refractivity contribution is 0.277. The molecule has 2 aromatic rings. The summed E-state index contributed by atoms with van der Waals surface area (Å²) in [4.78, 5) is 1.40. The predicted molar refractivity (Wildman–Crippen MR) is 70.6 cm³/mol. The average Bonchev–Trinajstić information content (AvgIpc) is 2.34. The average molecular weight is 313 g/mol. The first-order chi connectivity index (χ1) is 8.22. The summed E-state index contributed by atoms with van der Waals surface area (Å²) >= 11 is 4.73. The van der Waals surface area contributed by atoms with Crippen LogP contribution in [0.3, 0.4) is 0 Å². The molecule has 0 amide bonds. The van der Waals surface area contributed by atoms with Crippen LogP contribution >= 0.6 is 27.7 Å². The van der Waals surface area contributed by atoms with Crippen molar-refractivity contribution < 1.29 is 9.50 Å². The quantitative estimate of drug-likeness (QED) is 0.915. The predicted octanol–water partition coefficient (Wildman–Crippen LogP) is 4.23. The molecule has 0 bridgehead atoms. The topological polar surface area (TPSA) is 20.2 Å². The minimum Gasteiger partial charge on any atom is -0.392 e. The monoisotopic (exact) mass is 312 g/mol. The fraction of sp³-hybridized carbons (Fsp3) is 0.0769. The smallest absolute Gasteiger partial charge is 0.137 e. The first-order valence-corrected chi connectivity index (χ1v) is 6.64. The summed E-state index contributed by atoms with van der Waals surface area (Å²) in [5, 5.41) is 9.20. The fourth-order valence-corrected chi connectivity index (χ4v) is 2.92. The Kier molecular flexibility index (Phi) is 4.20. The first kappa shape index (κ1) is 12.6. The maximum absolute atomic E-state index is 13.7. The van der Waals surface area contributed by atoms with Gasteiger partial charge in [-0.05, 0) is 39.7 Å². The van der Waals surface area contributed by atoms with Crippen LogP contribution in [0.1, 0.15) is 5.56 Å². The van der Waals surface area contributed by atoms with Crippen LogP contribution in [-0.2, 0) is 6.61 Å². The zero-order valence-electron chi connectivity index (χ0n) is 8.86. The second-order valence-electron chi connectivity index (χ2n) is 3.42. The molecule has 0 saturated heterocycles. The van der Waals surface area contributed by atoms with Crippen LogP contribution in [-0.4, -0.2) is 5.11 Å². The Bertz CT molecular complexity index is 531. The molecule has 0 saturated carbocycles. The van der Waals surface area contributed by atoms with E-state index < -0.39 is 0 Å². The highest BCUT2D eigenvalue weighted by atomic mass is 79.9. The van der Waals surface area contributed by atoms with E-state index in [0.29, 0.717) is 10.5 Å². The number of halogens is 2. The number of benzene rings is 2. The zero-order chi connectivity index (χ0) is 12.3. The van der Waals surface area contributed by atoms with Crippen LogP contribution in [0.5, 0.6) is 0 Å². The zero-order valence-corrected chi connectivity index (χ0v) is 11.3. The van der Waals surface area contributed by atoms with Crippen molar-refractivity contribution in [3.63, 3.8) is 0 Å². The largest absolute Gasteiger partial charge is 0.392 e. The minimum absolute atomic E-state index is 0.162. The summed E-state index contributed by atoms with van der Waals surface area (Å²) in [5.41, 5.74) is 0.603. The van der Waals surface area contributed by atoms with E-state index in [2.05, 4.69) is 15.9 Å². The Morgan fingerprint density at radius 3 is 2.59 bits per heavy atom. The Balaban J connectivity index is 2.39. The SMILES string of the molecule is OCc1cccc(F)c1Sc1ccccc1Br. The molecular weight excluding hydrogens is 303 g/mol. The van der Waals surface area contributed by atoms with E-state index in [-0.39, 0.29) is 12.4 Å². The third-order valence-electron chi connectivity index (χ3n) is 2.27. The van der Waals surface area contributed by atoms with Crippen molar-refractivity contribution in [1.82, 2.24) is 0 Å². The number of hydrogen-bond donors (Lipinski definition) is 1. The Labute approximate surface area is 112 Å². The highest BCUT2D eigenvalue weighted by molar-refractivity contribution is 9.10. The molecule has 0 atom stereocenters. The van der Waals surface area contributed by atoms with Crippen molar-refractivity contribution in [3.05, 3.63) is 58.3 Å². The van der Waals surface area contributed by atoms with Crippen LogP contribution < -0.4 is 0 Å². The highest BCUT2D eigenvalue weighted by Gasteiger charge is 2.10. The van der Waals surface area contributed by atoms with Gasteiger partial charge in [-0.3, -0.25) is 0 Å². The molecule has 0 unspecified atom stereocenters. The third-order valence-corrected chi connectivity index (χ3v) is 4.46. The molecule has 2 aromatic carbocycles. The van der Waals surface area contributed by atoms with Gasteiger partial charge >= 0.3 is 0 Å². The maximum Gasteiger partial charge on any atom is 0.137 e. The van der Waals surface area contributed by atoms with Gasteiger partial charge in [0.15, 0.2) is 0 Å². The summed E-state index contributed by atoms with van der Waals surface area (Å²) < 4.78 is 14.6. The molecule has 0 aliphatic heterocycles. The van der Waals surface area contributed by atoms with E-state index in [0.717, 1.165) is 9.37 Å². The lowest BCUT2D eigenvalue weighted by Crippen LogP contribution is -1.91. The molecule has 0 aliphatic carbocycles. The van der Waals surface area contributed by atoms with Gasteiger partial charge in [0.1, 0.15) is 5.82 Å². The van der Waals surface area contributed by atoms with Crippen LogP contribution in [0.25, 0.3) is 0 Å². The Hall–Kier alpha value is -0.840. The van der Waals surface area contributed by atoms with E-state index in [4.69, 9.17) is 0 Å². The van der Waals surface area contributed by atoms with Crippen LogP contribution in [0.15, 0.2) is 56.7 Å². The van der Waals surface area contributed by atoms with Gasteiger partial charge in [-0.15, -0.1) is 0 Å². The molecule has 0 fully saturated rings. The summed E-state index contributed by atoms with van der Waals surface area (Å²) in [5.74, 6) is -0.308. The number of aliphatic hydroxyl groups is 1. The molecule has 2 rings (SSSR count). The normalized spacial score (nSPS) is 10.5. The van der Waals surface area contributed by atoms with Gasteiger partial charge in [-0.2, -0.15) is 0 Å². The van der Waals surface area contributed by atoms with Gasteiger partial charge in [0.2, 0.25) is 0 Å². The molecule has 88 valence electrons. The molecule has 0 heterocycles. The second-order valence-corrected chi connectivity index (χ2v) is 5.33. The highest BCUT2D eigenvalue weighted by Crippen LogP contribution is 2.36. The van der Waals surface area contributed by atoms with E-state index in [1.165, 1.54) is 17.8 Å². The minimum atomic E-state index is -0.308. The molecule has 17 heavy (non-hydrogen) atoms. The fourth-order valence-electron chi connectivity index (χ4n) is 1.43. The van der Waals surface area contributed by atoms with Crippen molar-refractivity contribution in [2.24, 2.45) is 0 Å². The van der Waals surface area contributed by atoms with E-state index in [1.807, 2.05) is 24.3 Å². The molecule has 4 heteroatoms. The van der Waals surface area contributed by atoms with E-state index >= 15 is 0 Å². The lowest BCUT2D eigenvalue weighted by Gasteiger charge is -2.09. The van der Waals surface area contributed by atoms with Gasteiger partial charge in [0.25, 0.3) is 0 Å². The van der Waals surface area contributed by atoms with Crippen molar-refractivity contribution in [2.75, 3.05) is 0 Å². The molecule has 0 spiro atoms. The molecule has 0 aliphatic rings. The summed E-state index contributed by atoms with van der Waals surface area (Å²) in [6.07, 6.45) is 0. The van der Waals surface area contributed by atoms with E-state index in [1.54, 1.807) is 12.1 Å². The van der Waals surface area contributed by atoms with E-state index in [9.17, 15) is 9.50 Å². The summed E-state index contributed by atoms with van der Waals surface area (Å²) in [6, 6.07) is 12.3. The lowest BCUT2D eigenvalue weighted by atomic mass is 10.2.